The first kappa shape index (κ1) is 11.8. The van der Waals surface area contributed by atoms with Gasteiger partial charge in [-0.3, -0.25) is 0 Å². The number of alkyl halides is 2. The lowest BCUT2D eigenvalue weighted by Crippen LogP contribution is -2.02. The van der Waals surface area contributed by atoms with E-state index < -0.39 is 6.43 Å². The van der Waals surface area contributed by atoms with E-state index in [0.29, 0.717) is 17.0 Å². The molecule has 2 heterocycles. The lowest BCUT2D eigenvalue weighted by molar-refractivity contribution is 0.143. The number of aryl methyl sites for hydroxylation is 1. The molecule has 0 saturated carbocycles. The Labute approximate surface area is 108 Å². The van der Waals surface area contributed by atoms with Crippen LogP contribution in [0.25, 0.3) is 16.9 Å². The summed E-state index contributed by atoms with van der Waals surface area (Å²) in [6.45, 7) is 1.76. The van der Waals surface area contributed by atoms with Gasteiger partial charge in [-0.05, 0) is 13.0 Å². The molecule has 0 amide bonds. The van der Waals surface area contributed by atoms with Crippen molar-refractivity contribution in [3.05, 3.63) is 53.9 Å². The number of hydrogen-bond acceptors (Lipinski definition) is 2. The van der Waals surface area contributed by atoms with Gasteiger partial charge in [-0.15, -0.1) is 0 Å². The molecule has 3 nitrogen and oxygen atoms in total. The van der Waals surface area contributed by atoms with Crippen LogP contribution in [0.5, 0.6) is 0 Å². The molecule has 0 N–H and O–H groups in total. The van der Waals surface area contributed by atoms with E-state index in [1.54, 1.807) is 13.0 Å². The van der Waals surface area contributed by atoms with Crippen molar-refractivity contribution in [2.24, 2.45) is 0 Å². The molecular weight excluding hydrogens is 248 g/mol. The number of aromatic nitrogens is 3. The normalized spacial score (nSPS) is 11.4. The second-order valence-corrected chi connectivity index (χ2v) is 4.29. The molecule has 0 saturated heterocycles. The van der Waals surface area contributed by atoms with Gasteiger partial charge in [0.25, 0.3) is 6.43 Å². The molecule has 0 bridgehead atoms. The van der Waals surface area contributed by atoms with Gasteiger partial charge in [-0.25, -0.2) is 18.3 Å². The Morgan fingerprint density at radius 1 is 1.11 bits per heavy atom. The zero-order chi connectivity index (χ0) is 13.4. The maximum atomic E-state index is 13.1. The van der Waals surface area contributed by atoms with Crippen LogP contribution in [0.3, 0.4) is 0 Å². The number of halogens is 2. The van der Waals surface area contributed by atoms with Crippen molar-refractivity contribution in [3.63, 3.8) is 0 Å². The largest absolute Gasteiger partial charge is 0.280 e. The number of hydrogen-bond donors (Lipinski definition) is 0. The molecular formula is C14H11F2N3. The van der Waals surface area contributed by atoms with E-state index >= 15 is 0 Å². The van der Waals surface area contributed by atoms with Crippen LogP contribution in [0.1, 0.15) is 17.8 Å². The minimum absolute atomic E-state index is 0.142. The van der Waals surface area contributed by atoms with Crippen molar-refractivity contribution in [1.29, 1.82) is 0 Å². The van der Waals surface area contributed by atoms with Crippen LogP contribution >= 0.6 is 0 Å². The zero-order valence-electron chi connectivity index (χ0n) is 10.2. The molecule has 1 aromatic carbocycles. The summed E-state index contributed by atoms with van der Waals surface area (Å²) >= 11 is 0. The summed E-state index contributed by atoms with van der Waals surface area (Å²) in [6.07, 6.45) is -2.59. The van der Waals surface area contributed by atoms with Crippen LogP contribution in [-0.4, -0.2) is 14.6 Å². The van der Waals surface area contributed by atoms with Crippen LogP contribution < -0.4 is 0 Å². The Morgan fingerprint density at radius 2 is 1.84 bits per heavy atom. The minimum Gasteiger partial charge on any atom is -0.229 e. The second kappa shape index (κ2) is 4.42. The molecule has 3 rings (SSSR count). The Balaban J connectivity index is 2.27. The van der Waals surface area contributed by atoms with Crippen LogP contribution in [0.15, 0.2) is 42.5 Å². The first-order chi connectivity index (χ1) is 9.15. The summed E-state index contributed by atoms with van der Waals surface area (Å²) in [5.41, 5.74) is 2.31. The van der Waals surface area contributed by atoms with Gasteiger partial charge in [-0.1, -0.05) is 30.3 Å². The highest BCUT2D eigenvalue weighted by atomic mass is 19.3. The van der Waals surface area contributed by atoms with E-state index in [1.807, 2.05) is 30.3 Å². The molecule has 0 spiro atoms. The van der Waals surface area contributed by atoms with Gasteiger partial charge in [0, 0.05) is 11.6 Å². The van der Waals surface area contributed by atoms with Gasteiger partial charge in [0.15, 0.2) is 5.65 Å². The molecule has 2 aromatic heterocycles. The third-order valence-electron chi connectivity index (χ3n) is 2.87. The summed E-state index contributed by atoms with van der Waals surface area (Å²) in [7, 11) is 0. The highest BCUT2D eigenvalue weighted by molar-refractivity contribution is 5.62. The average molecular weight is 259 g/mol. The smallest absolute Gasteiger partial charge is 0.229 e. The number of benzene rings is 1. The zero-order valence-corrected chi connectivity index (χ0v) is 10.2. The van der Waals surface area contributed by atoms with Gasteiger partial charge in [0.1, 0.15) is 5.69 Å². The van der Waals surface area contributed by atoms with Crippen molar-refractivity contribution >= 4 is 5.65 Å². The Hall–Kier alpha value is -2.30. The Bertz CT molecular complexity index is 720. The predicted octanol–water partition coefficient (Wildman–Crippen LogP) is 3.64. The fourth-order valence-electron chi connectivity index (χ4n) is 2.02. The summed E-state index contributed by atoms with van der Waals surface area (Å²) in [6, 6.07) is 12.3. The van der Waals surface area contributed by atoms with Crippen molar-refractivity contribution in [2.75, 3.05) is 0 Å². The van der Waals surface area contributed by atoms with Crippen LogP contribution in [-0.2, 0) is 0 Å². The number of nitrogens with zero attached hydrogens (tertiary/aromatic N) is 3. The summed E-state index contributed by atoms with van der Waals surface area (Å²) in [5, 5.41) is 4.04. The van der Waals surface area contributed by atoms with E-state index in [0.717, 1.165) is 5.56 Å². The van der Waals surface area contributed by atoms with Crippen LogP contribution in [0.4, 0.5) is 8.78 Å². The molecule has 0 aliphatic heterocycles. The fourth-order valence-corrected chi connectivity index (χ4v) is 2.02. The SMILES string of the molecule is Cc1cc2nc(-c3ccccc3)cc(C(F)F)n2n1. The maximum absolute atomic E-state index is 13.1. The maximum Gasteiger partial charge on any atom is 0.280 e. The summed E-state index contributed by atoms with van der Waals surface area (Å²) in [5.74, 6) is 0. The fraction of sp³-hybridized carbons (Fsp3) is 0.143. The van der Waals surface area contributed by atoms with Gasteiger partial charge in [0.2, 0.25) is 0 Å². The van der Waals surface area contributed by atoms with E-state index in [4.69, 9.17) is 0 Å². The van der Waals surface area contributed by atoms with E-state index in [2.05, 4.69) is 10.1 Å². The van der Waals surface area contributed by atoms with Crippen molar-refractivity contribution in [2.45, 2.75) is 13.3 Å². The molecule has 5 heteroatoms. The average Bonchev–Trinajstić information content (AvgIpc) is 2.78. The first-order valence-electron chi connectivity index (χ1n) is 5.86. The van der Waals surface area contributed by atoms with Gasteiger partial charge in [0.05, 0.1) is 11.4 Å². The van der Waals surface area contributed by atoms with Gasteiger partial charge in [-0.2, -0.15) is 5.10 Å². The molecule has 0 unspecified atom stereocenters. The van der Waals surface area contributed by atoms with Crippen molar-refractivity contribution in [1.82, 2.24) is 14.6 Å². The number of rotatable bonds is 2. The van der Waals surface area contributed by atoms with Crippen LogP contribution in [0, 0.1) is 6.92 Å². The highest BCUT2D eigenvalue weighted by Crippen LogP contribution is 2.25. The third-order valence-corrected chi connectivity index (χ3v) is 2.87. The van der Waals surface area contributed by atoms with E-state index in [-0.39, 0.29) is 5.69 Å². The summed E-state index contributed by atoms with van der Waals surface area (Å²) < 4.78 is 27.4. The van der Waals surface area contributed by atoms with Crippen molar-refractivity contribution < 1.29 is 8.78 Å². The van der Waals surface area contributed by atoms with Gasteiger partial charge < -0.3 is 0 Å². The molecule has 0 atom stereocenters. The topological polar surface area (TPSA) is 30.2 Å². The lowest BCUT2D eigenvalue weighted by atomic mass is 10.1. The van der Waals surface area contributed by atoms with Gasteiger partial charge >= 0.3 is 0 Å². The molecule has 0 aliphatic rings. The van der Waals surface area contributed by atoms with E-state index in [9.17, 15) is 8.78 Å². The van der Waals surface area contributed by atoms with E-state index in [1.165, 1.54) is 10.6 Å². The predicted molar refractivity (Wildman–Crippen MR) is 68.1 cm³/mol. The Morgan fingerprint density at radius 3 is 2.53 bits per heavy atom. The monoisotopic (exact) mass is 259 g/mol. The number of fused-ring (bicyclic) bond motifs is 1. The molecule has 0 fully saturated rings. The molecule has 19 heavy (non-hydrogen) atoms. The van der Waals surface area contributed by atoms with Crippen LogP contribution in [0.2, 0.25) is 0 Å². The second-order valence-electron chi connectivity index (χ2n) is 4.29. The molecule has 3 aromatic rings. The minimum atomic E-state index is -2.59. The Kier molecular flexibility index (Phi) is 2.74. The molecule has 96 valence electrons. The van der Waals surface area contributed by atoms with Crippen molar-refractivity contribution in [3.8, 4) is 11.3 Å². The standard InChI is InChI=1S/C14H11F2N3/c1-9-7-13-17-11(10-5-3-2-4-6-10)8-12(14(15)16)19(13)18-9/h2-8,14H,1H3. The first-order valence-corrected chi connectivity index (χ1v) is 5.86. The quantitative estimate of drug-likeness (QED) is 0.703. The highest BCUT2D eigenvalue weighted by Gasteiger charge is 2.16. The molecule has 0 radical (unpaired) electrons. The molecule has 0 aliphatic carbocycles. The summed E-state index contributed by atoms with van der Waals surface area (Å²) in [4.78, 5) is 4.38. The third kappa shape index (κ3) is 2.07. The lowest BCUT2D eigenvalue weighted by Gasteiger charge is -2.07.